The predicted molar refractivity (Wildman–Crippen MR) is 83.0 cm³/mol. The topological polar surface area (TPSA) is 60.1 Å². The minimum Gasteiger partial charge on any atom is -0.449 e. The van der Waals surface area contributed by atoms with Gasteiger partial charge >= 0.3 is 0 Å². The molecule has 0 atom stereocenters. The molecule has 0 aliphatic rings. The number of aryl methyl sites for hydroxylation is 1. The Morgan fingerprint density at radius 1 is 1.23 bits per heavy atom. The van der Waals surface area contributed by atoms with Crippen molar-refractivity contribution in [3.05, 3.63) is 72.2 Å². The molecule has 0 fully saturated rings. The second-order valence-corrected chi connectivity index (χ2v) is 5.00. The quantitative estimate of drug-likeness (QED) is 0.787. The molecule has 1 aromatic carbocycles. The number of hydrogen-bond donors (Lipinski definition) is 1. The van der Waals surface area contributed by atoms with Crippen LogP contribution in [0.2, 0.25) is 0 Å². The molecule has 3 rings (SSSR count). The molecule has 2 aromatic heterocycles. The third-order valence-corrected chi connectivity index (χ3v) is 3.37. The van der Waals surface area contributed by atoms with E-state index < -0.39 is 0 Å². The normalized spacial score (nSPS) is 10.6. The van der Waals surface area contributed by atoms with E-state index in [1.165, 1.54) is 0 Å². The third-order valence-electron chi connectivity index (χ3n) is 3.37. The van der Waals surface area contributed by atoms with E-state index >= 15 is 0 Å². The van der Waals surface area contributed by atoms with Crippen LogP contribution in [0.3, 0.4) is 0 Å². The highest BCUT2D eigenvalue weighted by molar-refractivity contribution is 5.94. The lowest BCUT2D eigenvalue weighted by molar-refractivity contribution is 0.0954. The van der Waals surface area contributed by atoms with Crippen LogP contribution in [0.4, 0.5) is 0 Å². The predicted octanol–water partition coefficient (Wildman–Crippen LogP) is 2.75. The first-order chi connectivity index (χ1) is 10.7. The fourth-order valence-electron chi connectivity index (χ4n) is 2.22. The van der Waals surface area contributed by atoms with Gasteiger partial charge in [0.1, 0.15) is 6.26 Å². The van der Waals surface area contributed by atoms with E-state index in [9.17, 15) is 4.79 Å². The largest absolute Gasteiger partial charge is 0.449 e. The number of hydrogen-bond acceptors (Lipinski definition) is 3. The van der Waals surface area contributed by atoms with Crippen molar-refractivity contribution in [1.29, 1.82) is 0 Å². The molecule has 5 nitrogen and oxygen atoms in total. The van der Waals surface area contributed by atoms with Crippen LogP contribution in [-0.2, 0) is 6.42 Å². The van der Waals surface area contributed by atoms with E-state index in [4.69, 9.17) is 4.42 Å². The van der Waals surface area contributed by atoms with Gasteiger partial charge in [0.25, 0.3) is 5.91 Å². The fraction of sp³-hybridized carbons (Fsp3) is 0.176. The first-order valence-electron chi connectivity index (χ1n) is 7.15. The van der Waals surface area contributed by atoms with Crippen LogP contribution in [0.15, 0.2) is 59.5 Å². The molecule has 5 heteroatoms. The van der Waals surface area contributed by atoms with Gasteiger partial charge in [-0.05, 0) is 36.4 Å². The zero-order valence-corrected chi connectivity index (χ0v) is 12.3. The molecule has 0 aliphatic carbocycles. The van der Waals surface area contributed by atoms with Crippen molar-refractivity contribution in [2.45, 2.75) is 13.3 Å². The fourth-order valence-corrected chi connectivity index (χ4v) is 2.22. The van der Waals surface area contributed by atoms with Crippen LogP contribution in [0.25, 0.3) is 5.69 Å². The molecular formula is C17H17N3O2. The Morgan fingerprint density at radius 3 is 2.59 bits per heavy atom. The summed E-state index contributed by atoms with van der Waals surface area (Å²) in [6, 6.07) is 11.4. The van der Waals surface area contributed by atoms with Crippen molar-refractivity contribution in [3.63, 3.8) is 0 Å². The Balaban J connectivity index is 1.56. The molecule has 0 radical (unpaired) electrons. The molecule has 0 saturated heterocycles. The van der Waals surface area contributed by atoms with Gasteiger partial charge in [0, 0.05) is 43.5 Å². The van der Waals surface area contributed by atoms with Gasteiger partial charge in [0.15, 0.2) is 5.89 Å². The summed E-state index contributed by atoms with van der Waals surface area (Å²) >= 11 is 0. The van der Waals surface area contributed by atoms with Gasteiger partial charge < -0.3 is 14.3 Å². The molecular weight excluding hydrogens is 278 g/mol. The monoisotopic (exact) mass is 295 g/mol. The number of amides is 1. The highest BCUT2D eigenvalue weighted by Crippen LogP contribution is 2.10. The summed E-state index contributed by atoms with van der Waals surface area (Å²) in [7, 11) is 0. The van der Waals surface area contributed by atoms with Crippen LogP contribution in [0, 0.1) is 6.92 Å². The van der Waals surface area contributed by atoms with Crippen LogP contribution in [0.1, 0.15) is 21.9 Å². The van der Waals surface area contributed by atoms with Crippen LogP contribution < -0.4 is 5.32 Å². The SMILES string of the molecule is Cc1nc(CCNC(=O)c2ccc(-n3cccc3)cc2)co1. The van der Waals surface area contributed by atoms with Crippen molar-refractivity contribution in [3.8, 4) is 5.69 Å². The molecule has 1 N–H and O–H groups in total. The molecule has 0 bridgehead atoms. The zero-order chi connectivity index (χ0) is 15.4. The summed E-state index contributed by atoms with van der Waals surface area (Å²) in [5.41, 5.74) is 2.52. The number of nitrogens with zero attached hydrogens (tertiary/aromatic N) is 2. The number of carbonyl (C=O) groups excluding carboxylic acids is 1. The van der Waals surface area contributed by atoms with Crippen molar-refractivity contribution >= 4 is 5.91 Å². The van der Waals surface area contributed by atoms with Gasteiger partial charge in [-0.3, -0.25) is 4.79 Å². The Morgan fingerprint density at radius 2 is 1.95 bits per heavy atom. The maximum atomic E-state index is 12.1. The number of carbonyl (C=O) groups is 1. The maximum Gasteiger partial charge on any atom is 0.251 e. The lowest BCUT2D eigenvalue weighted by atomic mass is 10.2. The standard InChI is InChI=1S/C17H17N3O2/c1-13-19-15(12-22-13)8-9-18-17(21)14-4-6-16(7-5-14)20-10-2-3-11-20/h2-7,10-12H,8-9H2,1H3,(H,18,21). The molecule has 0 spiro atoms. The van der Waals surface area contributed by atoms with E-state index in [1.54, 1.807) is 13.2 Å². The average molecular weight is 295 g/mol. The lowest BCUT2D eigenvalue weighted by Gasteiger charge is -2.06. The zero-order valence-electron chi connectivity index (χ0n) is 12.3. The molecule has 1 amide bonds. The van der Waals surface area contributed by atoms with Gasteiger partial charge in [0.05, 0.1) is 5.69 Å². The Kier molecular flexibility index (Phi) is 4.05. The van der Waals surface area contributed by atoms with Gasteiger partial charge in [-0.1, -0.05) is 0 Å². The van der Waals surface area contributed by atoms with E-state index in [-0.39, 0.29) is 5.91 Å². The summed E-state index contributed by atoms with van der Waals surface area (Å²) in [5, 5.41) is 2.88. The van der Waals surface area contributed by atoms with Gasteiger partial charge in [-0.2, -0.15) is 0 Å². The lowest BCUT2D eigenvalue weighted by Crippen LogP contribution is -2.25. The van der Waals surface area contributed by atoms with Crippen molar-refractivity contribution in [1.82, 2.24) is 14.9 Å². The van der Waals surface area contributed by atoms with E-state index in [0.29, 0.717) is 24.4 Å². The summed E-state index contributed by atoms with van der Waals surface area (Å²) < 4.78 is 7.12. The summed E-state index contributed by atoms with van der Waals surface area (Å²) in [6.07, 6.45) is 6.21. The van der Waals surface area contributed by atoms with Crippen LogP contribution in [-0.4, -0.2) is 22.0 Å². The molecule has 112 valence electrons. The minimum atomic E-state index is -0.0840. The van der Waals surface area contributed by atoms with Gasteiger partial charge in [0.2, 0.25) is 0 Å². The number of aromatic nitrogens is 2. The molecule has 22 heavy (non-hydrogen) atoms. The van der Waals surface area contributed by atoms with Gasteiger partial charge in [-0.25, -0.2) is 4.98 Å². The van der Waals surface area contributed by atoms with E-state index in [0.717, 1.165) is 11.4 Å². The number of nitrogens with one attached hydrogen (secondary N) is 1. The first kappa shape index (κ1) is 14.1. The smallest absolute Gasteiger partial charge is 0.251 e. The van der Waals surface area contributed by atoms with Crippen molar-refractivity contribution < 1.29 is 9.21 Å². The van der Waals surface area contributed by atoms with Crippen LogP contribution in [0.5, 0.6) is 0 Å². The molecule has 0 unspecified atom stereocenters. The van der Waals surface area contributed by atoms with E-state index in [2.05, 4.69) is 10.3 Å². The molecule has 0 saturated carbocycles. The molecule has 2 heterocycles. The Hall–Kier alpha value is -2.82. The average Bonchev–Trinajstić information content (AvgIpc) is 3.19. The maximum absolute atomic E-state index is 12.1. The Labute approximate surface area is 128 Å². The van der Waals surface area contributed by atoms with Crippen LogP contribution >= 0.6 is 0 Å². The van der Waals surface area contributed by atoms with Crippen molar-refractivity contribution in [2.75, 3.05) is 6.54 Å². The van der Waals surface area contributed by atoms with Gasteiger partial charge in [-0.15, -0.1) is 0 Å². The summed E-state index contributed by atoms with van der Waals surface area (Å²) in [5.74, 6) is 0.557. The Bertz CT molecular complexity index is 743. The number of benzene rings is 1. The third kappa shape index (κ3) is 3.25. The highest BCUT2D eigenvalue weighted by atomic mass is 16.3. The van der Waals surface area contributed by atoms with E-state index in [1.807, 2.05) is 53.4 Å². The highest BCUT2D eigenvalue weighted by Gasteiger charge is 2.06. The molecule has 3 aromatic rings. The second kappa shape index (κ2) is 6.30. The minimum absolute atomic E-state index is 0.0840. The first-order valence-corrected chi connectivity index (χ1v) is 7.15. The summed E-state index contributed by atoms with van der Waals surface area (Å²) in [4.78, 5) is 16.3. The second-order valence-electron chi connectivity index (χ2n) is 5.00. The van der Waals surface area contributed by atoms with Crippen molar-refractivity contribution in [2.24, 2.45) is 0 Å². The summed E-state index contributed by atoms with van der Waals surface area (Å²) in [6.45, 7) is 2.33. The number of rotatable bonds is 5. The number of oxazole rings is 1. The molecule has 0 aliphatic heterocycles.